The number of carbonyl (C=O) groups is 3. The molecule has 7 heteroatoms. The predicted octanol–water partition coefficient (Wildman–Crippen LogP) is 3.48. The molecule has 1 fully saturated rings. The van der Waals surface area contributed by atoms with Gasteiger partial charge in [-0.05, 0) is 43.4 Å². The van der Waals surface area contributed by atoms with E-state index in [2.05, 4.69) is 5.32 Å². The lowest BCUT2D eigenvalue weighted by Gasteiger charge is -2.29. The molecule has 2 heterocycles. The molecule has 2 aliphatic rings. The van der Waals surface area contributed by atoms with Gasteiger partial charge in [0.15, 0.2) is 0 Å². The quantitative estimate of drug-likeness (QED) is 0.583. The molecule has 0 aliphatic carbocycles. The molecule has 1 N–H and O–H groups in total. The minimum Gasteiger partial charge on any atom is -0.463 e. The molecular formula is C23H29ClN2O4. The molecule has 1 saturated heterocycles. The van der Waals surface area contributed by atoms with Crippen LogP contribution in [0.25, 0.3) is 0 Å². The average Bonchev–Trinajstić information content (AvgIpc) is 3.21. The lowest BCUT2D eigenvalue weighted by Crippen LogP contribution is -2.43. The van der Waals surface area contributed by atoms with Crippen molar-refractivity contribution in [3.8, 4) is 0 Å². The number of carbonyl (C=O) groups excluding carboxylic acids is 3. The van der Waals surface area contributed by atoms with Gasteiger partial charge in [0.25, 0.3) is 0 Å². The summed E-state index contributed by atoms with van der Waals surface area (Å²) < 4.78 is 5.45. The highest BCUT2D eigenvalue weighted by Gasteiger charge is 2.34. The number of hydrogen-bond acceptors (Lipinski definition) is 4. The van der Waals surface area contributed by atoms with Gasteiger partial charge in [0, 0.05) is 24.5 Å². The van der Waals surface area contributed by atoms with Crippen molar-refractivity contribution < 1.29 is 19.1 Å². The fourth-order valence-electron chi connectivity index (χ4n) is 3.88. The Kier molecular flexibility index (Phi) is 7.91. The number of nitrogens with zero attached hydrogens (tertiary/aromatic N) is 1. The van der Waals surface area contributed by atoms with Crippen molar-refractivity contribution in [2.75, 3.05) is 13.2 Å². The molecule has 0 bridgehead atoms. The van der Waals surface area contributed by atoms with E-state index in [1.54, 1.807) is 17.0 Å². The van der Waals surface area contributed by atoms with Crippen LogP contribution in [0.3, 0.4) is 0 Å². The highest BCUT2D eigenvalue weighted by molar-refractivity contribution is 6.30. The second kappa shape index (κ2) is 10.6. The van der Waals surface area contributed by atoms with Crippen LogP contribution in [0.1, 0.15) is 44.6 Å². The molecule has 1 aromatic rings. The highest BCUT2D eigenvalue weighted by atomic mass is 35.5. The summed E-state index contributed by atoms with van der Waals surface area (Å²) in [4.78, 5) is 39.6. The summed E-state index contributed by atoms with van der Waals surface area (Å²) in [5, 5.41) is 3.55. The van der Waals surface area contributed by atoms with Crippen LogP contribution in [0, 0.1) is 11.8 Å². The summed E-state index contributed by atoms with van der Waals surface area (Å²) in [6.45, 7) is 3.11. The first-order valence-corrected chi connectivity index (χ1v) is 10.9. The second-order valence-corrected chi connectivity index (χ2v) is 8.54. The zero-order valence-electron chi connectivity index (χ0n) is 17.3. The number of fused-ring (bicyclic) bond motifs is 1. The van der Waals surface area contributed by atoms with Crippen LogP contribution < -0.4 is 5.32 Å². The molecule has 0 unspecified atom stereocenters. The number of allylic oxidation sites excluding steroid dienone is 2. The van der Waals surface area contributed by atoms with Crippen molar-refractivity contribution in [2.24, 2.45) is 11.8 Å². The first kappa shape index (κ1) is 22.3. The highest BCUT2D eigenvalue weighted by Crippen LogP contribution is 2.24. The van der Waals surface area contributed by atoms with E-state index in [0.717, 1.165) is 18.4 Å². The second-order valence-electron chi connectivity index (χ2n) is 8.11. The van der Waals surface area contributed by atoms with Crippen LogP contribution in [0.2, 0.25) is 5.02 Å². The minimum atomic E-state index is -0.419. The fourth-order valence-corrected chi connectivity index (χ4v) is 4.01. The first-order chi connectivity index (χ1) is 14.4. The molecule has 2 aliphatic heterocycles. The maximum Gasteiger partial charge on any atom is 0.309 e. The molecule has 0 aromatic heterocycles. The number of benzene rings is 1. The van der Waals surface area contributed by atoms with Crippen molar-refractivity contribution in [1.82, 2.24) is 10.2 Å². The van der Waals surface area contributed by atoms with Crippen molar-refractivity contribution >= 4 is 29.4 Å². The molecule has 162 valence electrons. The van der Waals surface area contributed by atoms with Gasteiger partial charge in [0.2, 0.25) is 11.8 Å². The van der Waals surface area contributed by atoms with Crippen molar-refractivity contribution in [3.05, 3.63) is 47.0 Å². The fraction of sp³-hybridized carbons (Fsp3) is 0.522. The van der Waals surface area contributed by atoms with Crippen molar-refractivity contribution in [2.45, 2.75) is 51.6 Å². The van der Waals surface area contributed by atoms with Gasteiger partial charge in [0.1, 0.15) is 6.61 Å². The molecule has 0 spiro atoms. The standard InChI is InChI=1S/C23H29ClN2O4/c1-16-5-2-3-6-18(13-21(27)25-14-17-8-10-19(24)11-9-17)22(28)26-12-4-7-20(26)15-30-23(16)29/h2-3,8-11,16,18,20H,4-7,12-15H2,1H3,(H,25,27)/b3-2+/t16-,18-,20-/m0/s1. The van der Waals surface area contributed by atoms with E-state index in [0.29, 0.717) is 31.0 Å². The maximum absolute atomic E-state index is 13.2. The summed E-state index contributed by atoms with van der Waals surface area (Å²) in [5.74, 6) is -1.05. The number of cyclic esters (lactones) is 1. The zero-order chi connectivity index (χ0) is 21.5. The van der Waals surface area contributed by atoms with E-state index in [-0.39, 0.29) is 42.8 Å². The van der Waals surface area contributed by atoms with Gasteiger partial charge < -0.3 is 15.0 Å². The molecular weight excluding hydrogens is 404 g/mol. The monoisotopic (exact) mass is 432 g/mol. The summed E-state index contributed by atoms with van der Waals surface area (Å²) in [6, 6.07) is 7.20. The maximum atomic E-state index is 13.2. The van der Waals surface area contributed by atoms with Crippen molar-refractivity contribution in [1.29, 1.82) is 0 Å². The minimum absolute atomic E-state index is 0.0338. The number of nitrogens with one attached hydrogen (secondary N) is 1. The number of ether oxygens (including phenoxy) is 1. The van der Waals surface area contributed by atoms with Crippen LogP contribution in [-0.2, 0) is 25.7 Å². The molecule has 0 radical (unpaired) electrons. The predicted molar refractivity (Wildman–Crippen MR) is 115 cm³/mol. The summed E-state index contributed by atoms with van der Waals surface area (Å²) in [5.41, 5.74) is 0.952. The molecule has 2 amide bonds. The average molecular weight is 433 g/mol. The molecule has 3 atom stereocenters. The number of rotatable bonds is 4. The van der Waals surface area contributed by atoms with Crippen LogP contribution >= 0.6 is 11.6 Å². The first-order valence-electron chi connectivity index (χ1n) is 10.6. The Morgan fingerprint density at radius 2 is 1.93 bits per heavy atom. The van der Waals surface area contributed by atoms with E-state index < -0.39 is 5.92 Å². The van der Waals surface area contributed by atoms with Crippen LogP contribution in [0.15, 0.2) is 36.4 Å². The largest absolute Gasteiger partial charge is 0.463 e. The Morgan fingerprint density at radius 1 is 1.20 bits per heavy atom. The Bertz CT molecular complexity index is 793. The number of esters is 1. The number of hydrogen-bond donors (Lipinski definition) is 1. The Hall–Kier alpha value is -2.34. The van der Waals surface area contributed by atoms with Gasteiger partial charge in [-0.2, -0.15) is 0 Å². The third-order valence-electron chi connectivity index (χ3n) is 5.74. The summed E-state index contributed by atoms with van der Waals surface area (Å²) in [7, 11) is 0. The normalized spacial score (nSPS) is 26.2. The smallest absolute Gasteiger partial charge is 0.309 e. The van der Waals surface area contributed by atoms with Crippen LogP contribution in [0.5, 0.6) is 0 Å². The summed E-state index contributed by atoms with van der Waals surface area (Å²) in [6.07, 6.45) is 6.70. The lowest BCUT2D eigenvalue weighted by atomic mass is 9.97. The van der Waals surface area contributed by atoms with E-state index >= 15 is 0 Å². The topological polar surface area (TPSA) is 75.7 Å². The van der Waals surface area contributed by atoms with Gasteiger partial charge in [-0.15, -0.1) is 0 Å². The van der Waals surface area contributed by atoms with E-state index in [4.69, 9.17) is 16.3 Å². The molecule has 0 saturated carbocycles. The van der Waals surface area contributed by atoms with Gasteiger partial charge in [-0.1, -0.05) is 42.8 Å². The molecule has 30 heavy (non-hydrogen) atoms. The third kappa shape index (κ3) is 6.08. The van der Waals surface area contributed by atoms with E-state index in [1.807, 2.05) is 31.2 Å². The van der Waals surface area contributed by atoms with E-state index in [1.165, 1.54) is 0 Å². The van der Waals surface area contributed by atoms with E-state index in [9.17, 15) is 14.4 Å². The van der Waals surface area contributed by atoms with Gasteiger partial charge in [-0.3, -0.25) is 14.4 Å². The van der Waals surface area contributed by atoms with Gasteiger partial charge in [0.05, 0.1) is 17.9 Å². The lowest BCUT2D eigenvalue weighted by molar-refractivity contribution is -0.152. The van der Waals surface area contributed by atoms with Gasteiger partial charge >= 0.3 is 5.97 Å². The number of amides is 2. The third-order valence-corrected chi connectivity index (χ3v) is 5.99. The molecule has 1 aromatic carbocycles. The zero-order valence-corrected chi connectivity index (χ0v) is 18.1. The summed E-state index contributed by atoms with van der Waals surface area (Å²) >= 11 is 5.89. The van der Waals surface area contributed by atoms with Gasteiger partial charge in [-0.25, -0.2) is 0 Å². The SMILES string of the molecule is C[C@H]1C/C=C/C[C@@H](CC(=O)NCc2ccc(Cl)cc2)C(=O)N2CCC[C@H]2COC1=O. The van der Waals surface area contributed by atoms with Crippen molar-refractivity contribution in [3.63, 3.8) is 0 Å². The molecule has 6 nitrogen and oxygen atoms in total. The Morgan fingerprint density at radius 3 is 2.70 bits per heavy atom. The number of halogens is 1. The Labute approximate surface area is 182 Å². The van der Waals surface area contributed by atoms with Crippen LogP contribution in [0.4, 0.5) is 0 Å². The molecule has 3 rings (SSSR count). The van der Waals surface area contributed by atoms with Crippen LogP contribution in [-0.4, -0.2) is 41.9 Å². The Balaban J connectivity index is 1.65.